The van der Waals surface area contributed by atoms with Crippen LogP contribution in [0.25, 0.3) is 11.0 Å². The summed E-state index contributed by atoms with van der Waals surface area (Å²) in [5.74, 6) is 0. The maximum Gasteiger partial charge on any atom is 0.296 e. The van der Waals surface area contributed by atoms with Crippen molar-refractivity contribution in [2.24, 2.45) is 0 Å². The number of aromatic nitrogens is 3. The van der Waals surface area contributed by atoms with Gasteiger partial charge in [0.05, 0.1) is 4.53 Å². The van der Waals surface area contributed by atoms with Gasteiger partial charge in [0.25, 0.3) is 11.1 Å². The van der Waals surface area contributed by atoms with Gasteiger partial charge in [0, 0.05) is 15.9 Å². The van der Waals surface area contributed by atoms with Gasteiger partial charge in [-0.15, -0.1) is 0 Å². The molecule has 0 aliphatic heterocycles. The van der Waals surface area contributed by atoms with Crippen LogP contribution in [0.15, 0.2) is 62.6 Å². The van der Waals surface area contributed by atoms with Gasteiger partial charge in [-0.2, -0.15) is 14.6 Å². The Morgan fingerprint density at radius 2 is 1.85 bits per heavy atom. The molecule has 4 aromatic rings. The molecule has 0 bridgehead atoms. The number of hydrogen-bond acceptors (Lipinski definition) is 5. The summed E-state index contributed by atoms with van der Waals surface area (Å²) in [7, 11) is 0. The molecule has 0 radical (unpaired) electrons. The lowest BCUT2D eigenvalue weighted by Gasteiger charge is -2.02. The third-order valence-corrected chi connectivity index (χ3v) is 5.79. The normalized spacial score (nSPS) is 12.0. The van der Waals surface area contributed by atoms with Crippen molar-refractivity contribution < 1.29 is 0 Å². The molecule has 2 heterocycles. The van der Waals surface area contributed by atoms with E-state index in [0.29, 0.717) is 9.55 Å². The summed E-state index contributed by atoms with van der Waals surface area (Å²) in [5, 5.41) is 4.78. The van der Waals surface area contributed by atoms with E-state index in [1.54, 1.807) is 12.1 Å². The van der Waals surface area contributed by atoms with Crippen LogP contribution in [-0.4, -0.2) is 14.6 Å². The van der Waals surface area contributed by atoms with Gasteiger partial charge in [-0.25, -0.2) is 0 Å². The number of thiazole rings is 1. The summed E-state index contributed by atoms with van der Waals surface area (Å²) in [5.41, 5.74) is 1.07. The molecule has 0 amide bonds. The van der Waals surface area contributed by atoms with E-state index < -0.39 is 5.56 Å². The maximum atomic E-state index is 12.7. The monoisotopic (exact) mass is 459 g/mol. The predicted octanol–water partition coefficient (Wildman–Crippen LogP) is 3.07. The largest absolute Gasteiger partial charge is 0.296 e. The van der Waals surface area contributed by atoms with E-state index in [2.05, 4.69) is 26.0 Å². The smallest absolute Gasteiger partial charge is 0.266 e. The predicted molar refractivity (Wildman–Crippen MR) is 111 cm³/mol. The molecule has 0 atom stereocenters. The zero-order valence-corrected chi connectivity index (χ0v) is 16.9. The lowest BCUT2D eigenvalue weighted by atomic mass is 10.1. The van der Waals surface area contributed by atoms with Crippen LogP contribution < -0.4 is 15.7 Å². The maximum absolute atomic E-state index is 12.7. The van der Waals surface area contributed by atoms with Crippen molar-refractivity contribution in [3.05, 3.63) is 100 Å². The molecule has 0 N–H and O–H groups in total. The summed E-state index contributed by atoms with van der Waals surface area (Å²) in [6.45, 7) is 0. The first kappa shape index (κ1) is 18.0. The fourth-order valence-corrected chi connectivity index (χ4v) is 3.96. The number of hydrogen-bond donors (Lipinski definition) is 0. The second kappa shape index (κ2) is 7.34. The highest BCUT2D eigenvalue weighted by Crippen LogP contribution is 2.17. The van der Waals surface area contributed by atoms with Crippen molar-refractivity contribution in [2.45, 2.75) is 6.42 Å². The number of benzene rings is 2. The molecule has 0 saturated carbocycles. The standard InChI is InChI=1S/C19H11BrClN3O2S/c20-13-7-5-11(6-8-13)9-16-18(26)24-19(27-16)22-17(25)15(23-24)10-12-3-1-2-4-14(12)21/h1-9H,10H2/b16-9-. The van der Waals surface area contributed by atoms with Crippen molar-refractivity contribution in [2.75, 3.05) is 0 Å². The molecule has 5 nitrogen and oxygen atoms in total. The first-order valence-electron chi connectivity index (χ1n) is 7.95. The Balaban J connectivity index is 1.82. The van der Waals surface area contributed by atoms with Gasteiger partial charge in [-0.1, -0.05) is 69.2 Å². The zero-order chi connectivity index (χ0) is 19.0. The number of rotatable bonds is 3. The van der Waals surface area contributed by atoms with Crippen molar-refractivity contribution >= 4 is 49.9 Å². The first-order valence-corrected chi connectivity index (χ1v) is 9.93. The van der Waals surface area contributed by atoms with E-state index in [-0.39, 0.29) is 22.6 Å². The minimum atomic E-state index is -0.452. The second-order valence-corrected chi connectivity index (χ2v) is 8.13. The first-order chi connectivity index (χ1) is 13.0. The van der Waals surface area contributed by atoms with Crippen molar-refractivity contribution in [1.29, 1.82) is 0 Å². The van der Waals surface area contributed by atoms with Crippen LogP contribution in [0.2, 0.25) is 5.02 Å². The summed E-state index contributed by atoms with van der Waals surface area (Å²) >= 11 is 10.7. The Labute approximate surface area is 170 Å². The Bertz CT molecular complexity index is 1320. The summed E-state index contributed by atoms with van der Waals surface area (Å²) < 4.78 is 2.60. The second-order valence-electron chi connectivity index (χ2n) is 5.79. The molecule has 2 aromatic heterocycles. The Morgan fingerprint density at radius 1 is 1.11 bits per heavy atom. The molecule has 4 rings (SSSR count). The van der Waals surface area contributed by atoms with E-state index in [9.17, 15) is 9.59 Å². The van der Waals surface area contributed by atoms with E-state index in [0.717, 1.165) is 26.9 Å². The highest BCUT2D eigenvalue weighted by molar-refractivity contribution is 9.10. The van der Waals surface area contributed by atoms with Crippen LogP contribution in [0.1, 0.15) is 16.8 Å². The molecule has 2 aromatic carbocycles. The number of nitrogens with zero attached hydrogens (tertiary/aromatic N) is 3. The lowest BCUT2D eigenvalue weighted by molar-refractivity contribution is 0.811. The summed E-state index contributed by atoms with van der Waals surface area (Å²) in [4.78, 5) is 29.3. The van der Waals surface area contributed by atoms with Gasteiger partial charge in [0.2, 0.25) is 4.96 Å². The van der Waals surface area contributed by atoms with Gasteiger partial charge in [-0.3, -0.25) is 9.59 Å². The van der Waals surface area contributed by atoms with Gasteiger partial charge in [-0.05, 0) is 35.4 Å². The molecule has 0 fully saturated rings. The van der Waals surface area contributed by atoms with Crippen LogP contribution in [0.3, 0.4) is 0 Å². The zero-order valence-electron chi connectivity index (χ0n) is 13.7. The van der Waals surface area contributed by atoms with Crippen LogP contribution >= 0.6 is 38.9 Å². The third-order valence-electron chi connectivity index (χ3n) is 3.93. The van der Waals surface area contributed by atoms with Crippen molar-refractivity contribution in [3.63, 3.8) is 0 Å². The van der Waals surface area contributed by atoms with Crippen LogP contribution in [-0.2, 0) is 6.42 Å². The van der Waals surface area contributed by atoms with E-state index >= 15 is 0 Å². The minimum absolute atomic E-state index is 0.186. The van der Waals surface area contributed by atoms with Crippen molar-refractivity contribution in [1.82, 2.24) is 14.6 Å². The Kier molecular flexibility index (Phi) is 4.90. The molecule has 0 spiro atoms. The number of halogens is 2. The molecule has 0 aliphatic carbocycles. The van der Waals surface area contributed by atoms with Crippen LogP contribution in [0.4, 0.5) is 0 Å². The Morgan fingerprint density at radius 3 is 2.59 bits per heavy atom. The molecular formula is C19H11BrClN3O2S. The van der Waals surface area contributed by atoms with Crippen molar-refractivity contribution in [3.8, 4) is 0 Å². The summed E-state index contributed by atoms with van der Waals surface area (Å²) in [6.07, 6.45) is 1.98. The molecule has 134 valence electrons. The van der Waals surface area contributed by atoms with Gasteiger partial charge >= 0.3 is 0 Å². The quantitative estimate of drug-likeness (QED) is 0.471. The lowest BCUT2D eigenvalue weighted by Crippen LogP contribution is -2.28. The molecule has 0 aliphatic rings. The van der Waals surface area contributed by atoms with Gasteiger partial charge in [0.15, 0.2) is 0 Å². The summed E-state index contributed by atoms with van der Waals surface area (Å²) in [6, 6.07) is 14.8. The van der Waals surface area contributed by atoms with E-state index in [1.807, 2.05) is 42.5 Å². The van der Waals surface area contributed by atoms with E-state index in [4.69, 9.17) is 11.6 Å². The minimum Gasteiger partial charge on any atom is -0.266 e. The third kappa shape index (κ3) is 3.71. The highest BCUT2D eigenvalue weighted by Gasteiger charge is 2.12. The average Bonchev–Trinajstić information content (AvgIpc) is 2.94. The molecular weight excluding hydrogens is 450 g/mol. The molecule has 27 heavy (non-hydrogen) atoms. The fourth-order valence-electron chi connectivity index (χ4n) is 2.58. The van der Waals surface area contributed by atoms with Gasteiger partial charge in [0.1, 0.15) is 5.69 Å². The SMILES string of the molecule is O=c1nc2s/c(=C\c3ccc(Br)cc3)c(=O)n2nc1Cc1ccccc1Cl. The average molecular weight is 461 g/mol. The topological polar surface area (TPSA) is 64.3 Å². The van der Waals surface area contributed by atoms with Crippen LogP contribution in [0, 0.1) is 0 Å². The molecule has 0 unspecified atom stereocenters. The molecule has 0 saturated heterocycles. The van der Waals surface area contributed by atoms with Gasteiger partial charge < -0.3 is 0 Å². The fraction of sp³-hybridized carbons (Fsp3) is 0.0526. The van der Waals surface area contributed by atoms with E-state index in [1.165, 1.54) is 4.52 Å². The Hall–Kier alpha value is -2.35. The molecule has 8 heteroatoms. The highest BCUT2D eigenvalue weighted by atomic mass is 79.9. The van der Waals surface area contributed by atoms with Crippen LogP contribution in [0.5, 0.6) is 0 Å². The number of fused-ring (bicyclic) bond motifs is 1.